The van der Waals surface area contributed by atoms with Gasteiger partial charge in [0.15, 0.2) is 0 Å². The second-order valence-corrected chi connectivity index (χ2v) is 8.04. The fourth-order valence-corrected chi connectivity index (χ4v) is 4.57. The molecule has 0 fully saturated rings. The number of amides is 1. The lowest BCUT2D eigenvalue weighted by Crippen LogP contribution is -2.29. The lowest BCUT2D eigenvalue weighted by molar-refractivity contribution is -0.145. The van der Waals surface area contributed by atoms with Crippen LogP contribution in [0.15, 0.2) is 40.2 Å². The highest BCUT2D eigenvalue weighted by Gasteiger charge is 2.34. The second kappa shape index (κ2) is 8.66. The predicted octanol–water partition coefficient (Wildman–Crippen LogP) is 4.03. The lowest BCUT2D eigenvalue weighted by atomic mass is 10.2. The standard InChI is InChI=1S/C16H20BrNO5S/c17-14-12-24(21,22)18(16(14)20)10-6-2-5-9-15(19)23-11-13-7-3-1-4-8-13/h1,3-4,7-8,12,21-22H,2,5-6,9-11H2. The molecule has 1 aromatic carbocycles. The van der Waals surface area contributed by atoms with E-state index in [1.54, 1.807) is 0 Å². The van der Waals surface area contributed by atoms with E-state index in [4.69, 9.17) is 4.74 Å². The molecule has 2 rings (SSSR count). The number of carbonyl (C=O) groups excluding carboxylic acids is 2. The summed E-state index contributed by atoms with van der Waals surface area (Å²) in [5.74, 6) is -0.679. The molecule has 0 saturated heterocycles. The summed E-state index contributed by atoms with van der Waals surface area (Å²) in [6.45, 7) is 0.508. The molecule has 8 heteroatoms. The van der Waals surface area contributed by atoms with Gasteiger partial charge in [0.1, 0.15) is 11.1 Å². The van der Waals surface area contributed by atoms with Crippen molar-refractivity contribution in [3.8, 4) is 0 Å². The third-order valence-electron chi connectivity index (χ3n) is 3.50. The molecule has 1 aliphatic heterocycles. The molecule has 0 atom stereocenters. The smallest absolute Gasteiger partial charge is 0.306 e. The Balaban J connectivity index is 1.60. The van der Waals surface area contributed by atoms with Crippen LogP contribution in [0.3, 0.4) is 0 Å². The summed E-state index contributed by atoms with van der Waals surface area (Å²) in [5, 5.41) is 1.14. The molecule has 1 aliphatic rings. The molecule has 0 spiro atoms. The maximum atomic E-state index is 11.8. The van der Waals surface area contributed by atoms with Gasteiger partial charge in [0.05, 0.1) is 5.41 Å². The van der Waals surface area contributed by atoms with Gasteiger partial charge in [0.2, 0.25) is 0 Å². The zero-order valence-electron chi connectivity index (χ0n) is 13.1. The number of hydrogen-bond donors (Lipinski definition) is 2. The minimum absolute atomic E-state index is 0.173. The van der Waals surface area contributed by atoms with E-state index >= 15 is 0 Å². The average molecular weight is 418 g/mol. The average Bonchev–Trinajstić information content (AvgIpc) is 2.74. The normalized spacial score (nSPS) is 17.5. The number of esters is 1. The molecule has 0 saturated carbocycles. The van der Waals surface area contributed by atoms with E-state index in [0.29, 0.717) is 25.7 Å². The van der Waals surface area contributed by atoms with Crippen LogP contribution in [0.25, 0.3) is 0 Å². The molecule has 6 nitrogen and oxygen atoms in total. The first-order valence-electron chi connectivity index (χ1n) is 7.57. The Hall–Kier alpha value is -1.35. The summed E-state index contributed by atoms with van der Waals surface area (Å²) in [7, 11) is -3.14. The Morgan fingerprint density at radius 2 is 1.88 bits per heavy atom. The summed E-state index contributed by atoms with van der Waals surface area (Å²) < 4.78 is 26.0. The number of benzene rings is 1. The number of unbranched alkanes of at least 4 members (excludes halogenated alkanes) is 2. The minimum Gasteiger partial charge on any atom is -0.461 e. The van der Waals surface area contributed by atoms with Crippen molar-refractivity contribution in [1.29, 1.82) is 0 Å². The third-order valence-corrected chi connectivity index (χ3v) is 5.92. The largest absolute Gasteiger partial charge is 0.461 e. The van der Waals surface area contributed by atoms with Crippen LogP contribution in [-0.4, -0.2) is 31.8 Å². The van der Waals surface area contributed by atoms with E-state index in [-0.39, 0.29) is 23.6 Å². The van der Waals surface area contributed by atoms with E-state index in [9.17, 15) is 18.7 Å². The van der Waals surface area contributed by atoms with E-state index in [1.165, 1.54) is 0 Å². The second-order valence-electron chi connectivity index (χ2n) is 5.39. The third kappa shape index (κ3) is 5.34. The molecular formula is C16H20BrNO5S. The zero-order valence-corrected chi connectivity index (χ0v) is 15.5. The zero-order chi connectivity index (χ0) is 17.6. The fraction of sp³-hybridized carbons (Fsp3) is 0.375. The Morgan fingerprint density at radius 3 is 2.50 bits per heavy atom. The molecule has 132 valence electrons. The van der Waals surface area contributed by atoms with Gasteiger partial charge in [-0.25, -0.2) is 4.31 Å². The molecule has 0 unspecified atom stereocenters. The molecule has 1 aromatic rings. The van der Waals surface area contributed by atoms with Gasteiger partial charge in [-0.1, -0.05) is 47.5 Å². The van der Waals surface area contributed by atoms with Gasteiger partial charge in [-0.3, -0.25) is 18.7 Å². The number of nitrogens with zero attached hydrogens (tertiary/aromatic N) is 1. The quantitative estimate of drug-likeness (QED) is 0.492. The van der Waals surface area contributed by atoms with Gasteiger partial charge in [-0.05, 0) is 34.3 Å². The first kappa shape index (κ1) is 19.0. The lowest BCUT2D eigenvalue weighted by Gasteiger charge is -2.35. The molecule has 0 aromatic heterocycles. The van der Waals surface area contributed by atoms with E-state index < -0.39 is 16.7 Å². The SMILES string of the molecule is O=C(CCCCCN1C(=O)C(Br)=CS1(O)O)OCc1ccccc1. The van der Waals surface area contributed by atoms with E-state index in [1.807, 2.05) is 30.3 Å². The molecule has 0 aliphatic carbocycles. The highest BCUT2D eigenvalue weighted by molar-refractivity contribution is 9.12. The van der Waals surface area contributed by atoms with Crippen LogP contribution in [0.1, 0.15) is 31.2 Å². The van der Waals surface area contributed by atoms with Gasteiger partial charge in [0, 0.05) is 13.0 Å². The van der Waals surface area contributed by atoms with Crippen LogP contribution in [0.2, 0.25) is 0 Å². The highest BCUT2D eigenvalue weighted by Crippen LogP contribution is 2.52. The summed E-state index contributed by atoms with van der Waals surface area (Å²) in [6, 6.07) is 9.47. The number of carbonyl (C=O) groups is 2. The molecule has 1 amide bonds. The summed E-state index contributed by atoms with van der Waals surface area (Å²) in [5.41, 5.74) is 0.946. The molecular weight excluding hydrogens is 398 g/mol. The van der Waals surface area contributed by atoms with Gasteiger partial charge in [0.25, 0.3) is 5.91 Å². The molecule has 0 radical (unpaired) electrons. The molecule has 1 heterocycles. The Labute approximate surface area is 151 Å². The first-order valence-corrected chi connectivity index (χ1v) is 9.93. The Bertz CT molecular complexity index is 620. The topological polar surface area (TPSA) is 87.1 Å². The van der Waals surface area contributed by atoms with Gasteiger partial charge >= 0.3 is 5.97 Å². The van der Waals surface area contributed by atoms with Crippen molar-refractivity contribution in [2.75, 3.05) is 6.54 Å². The van der Waals surface area contributed by atoms with E-state index in [2.05, 4.69) is 15.9 Å². The summed E-state index contributed by atoms with van der Waals surface area (Å²) >= 11 is 3.01. The fourth-order valence-electron chi connectivity index (χ4n) is 2.24. The van der Waals surface area contributed by atoms with Gasteiger partial charge in [-0.2, -0.15) is 0 Å². The number of rotatable bonds is 8. The van der Waals surface area contributed by atoms with Crippen molar-refractivity contribution in [3.05, 3.63) is 45.8 Å². The van der Waals surface area contributed by atoms with Gasteiger partial charge in [-0.15, -0.1) is 0 Å². The van der Waals surface area contributed by atoms with Crippen molar-refractivity contribution in [2.24, 2.45) is 0 Å². The summed E-state index contributed by atoms with van der Waals surface area (Å²) in [4.78, 5) is 23.4. The highest BCUT2D eigenvalue weighted by atomic mass is 79.9. The van der Waals surface area contributed by atoms with Crippen LogP contribution in [0.4, 0.5) is 0 Å². The first-order chi connectivity index (χ1) is 11.4. The van der Waals surface area contributed by atoms with Crippen molar-refractivity contribution >= 4 is 38.6 Å². The van der Waals surface area contributed by atoms with Crippen LogP contribution in [0.5, 0.6) is 0 Å². The number of hydrogen-bond acceptors (Lipinski definition) is 5. The molecule has 0 bridgehead atoms. The Morgan fingerprint density at radius 1 is 1.17 bits per heavy atom. The van der Waals surface area contributed by atoms with Crippen molar-refractivity contribution in [2.45, 2.75) is 32.3 Å². The van der Waals surface area contributed by atoms with Crippen LogP contribution < -0.4 is 0 Å². The Kier molecular flexibility index (Phi) is 6.85. The number of halogens is 1. The van der Waals surface area contributed by atoms with Crippen LogP contribution >= 0.6 is 26.7 Å². The van der Waals surface area contributed by atoms with Crippen molar-refractivity contribution < 1.29 is 23.4 Å². The van der Waals surface area contributed by atoms with Crippen LogP contribution in [-0.2, 0) is 20.9 Å². The predicted molar refractivity (Wildman–Crippen MR) is 96.3 cm³/mol. The van der Waals surface area contributed by atoms with Crippen molar-refractivity contribution in [3.63, 3.8) is 0 Å². The van der Waals surface area contributed by atoms with E-state index in [0.717, 1.165) is 15.3 Å². The monoisotopic (exact) mass is 417 g/mol. The summed E-state index contributed by atoms with van der Waals surface area (Å²) in [6.07, 6.45) is 2.21. The molecule has 2 N–H and O–H groups in total. The van der Waals surface area contributed by atoms with Crippen LogP contribution in [0, 0.1) is 0 Å². The molecule has 24 heavy (non-hydrogen) atoms. The maximum absolute atomic E-state index is 11.8. The number of ether oxygens (including phenoxy) is 1. The van der Waals surface area contributed by atoms with Crippen molar-refractivity contribution in [1.82, 2.24) is 4.31 Å². The maximum Gasteiger partial charge on any atom is 0.306 e. The van der Waals surface area contributed by atoms with Gasteiger partial charge < -0.3 is 4.74 Å². The minimum atomic E-state index is -3.14.